The van der Waals surface area contributed by atoms with E-state index in [1.165, 1.54) is 16.4 Å². The molecule has 168 valence electrons. The maximum absolute atomic E-state index is 13.0. The van der Waals surface area contributed by atoms with Crippen molar-refractivity contribution in [2.24, 2.45) is 5.92 Å². The van der Waals surface area contributed by atoms with E-state index in [9.17, 15) is 13.2 Å². The molecule has 2 aromatic heterocycles. The summed E-state index contributed by atoms with van der Waals surface area (Å²) in [5.74, 6) is 0.195. The molecular weight excluding hydrogens is 430 g/mol. The molecule has 32 heavy (non-hydrogen) atoms. The average Bonchev–Trinajstić information content (AvgIpc) is 3.51. The normalized spacial score (nSPS) is 15.7. The van der Waals surface area contributed by atoms with E-state index >= 15 is 0 Å². The second kappa shape index (κ2) is 9.17. The van der Waals surface area contributed by atoms with Gasteiger partial charge in [-0.05, 0) is 49.1 Å². The number of hydrogen-bond donors (Lipinski definition) is 1. The van der Waals surface area contributed by atoms with E-state index in [2.05, 4.69) is 20.4 Å². The van der Waals surface area contributed by atoms with Gasteiger partial charge in [0.15, 0.2) is 0 Å². The highest BCUT2D eigenvalue weighted by Crippen LogP contribution is 2.25. The third-order valence-electron chi connectivity index (χ3n) is 5.38. The van der Waals surface area contributed by atoms with Crippen molar-refractivity contribution in [3.05, 3.63) is 60.2 Å². The Labute approximate surface area is 186 Å². The van der Waals surface area contributed by atoms with Gasteiger partial charge in [0.2, 0.25) is 21.7 Å². The number of aromatic nitrogens is 3. The van der Waals surface area contributed by atoms with Crippen molar-refractivity contribution in [1.82, 2.24) is 24.7 Å². The van der Waals surface area contributed by atoms with E-state index in [1.807, 2.05) is 19.9 Å². The van der Waals surface area contributed by atoms with E-state index in [1.54, 1.807) is 30.6 Å². The van der Waals surface area contributed by atoms with Crippen LogP contribution in [0.25, 0.3) is 11.4 Å². The van der Waals surface area contributed by atoms with Gasteiger partial charge in [0.1, 0.15) is 6.04 Å². The Morgan fingerprint density at radius 2 is 1.94 bits per heavy atom. The Kier molecular flexibility index (Phi) is 6.33. The summed E-state index contributed by atoms with van der Waals surface area (Å²) in [7, 11) is -3.61. The minimum atomic E-state index is -3.61. The van der Waals surface area contributed by atoms with E-state index < -0.39 is 22.0 Å². The van der Waals surface area contributed by atoms with Gasteiger partial charge in [-0.2, -0.15) is 9.29 Å². The van der Waals surface area contributed by atoms with Gasteiger partial charge in [-0.25, -0.2) is 8.42 Å². The molecule has 9 nitrogen and oxygen atoms in total. The quantitative estimate of drug-likeness (QED) is 0.582. The summed E-state index contributed by atoms with van der Waals surface area (Å²) in [6.07, 6.45) is 4.98. The van der Waals surface area contributed by atoms with Gasteiger partial charge in [-0.3, -0.25) is 9.78 Å². The molecule has 1 unspecified atom stereocenters. The number of benzene rings is 1. The number of sulfonamides is 1. The molecule has 0 spiro atoms. The van der Waals surface area contributed by atoms with Crippen molar-refractivity contribution >= 4 is 15.9 Å². The highest BCUT2D eigenvalue weighted by atomic mass is 32.2. The van der Waals surface area contributed by atoms with Gasteiger partial charge < -0.3 is 9.84 Å². The molecule has 1 atom stereocenters. The van der Waals surface area contributed by atoms with Crippen LogP contribution in [0, 0.1) is 5.92 Å². The molecule has 0 radical (unpaired) electrons. The van der Waals surface area contributed by atoms with Crippen molar-refractivity contribution in [1.29, 1.82) is 0 Å². The highest BCUT2D eigenvalue weighted by Gasteiger charge is 2.29. The molecule has 0 saturated carbocycles. The number of rotatable bonds is 7. The predicted molar refractivity (Wildman–Crippen MR) is 117 cm³/mol. The summed E-state index contributed by atoms with van der Waals surface area (Å²) in [4.78, 5) is 21.6. The first-order valence-corrected chi connectivity index (χ1v) is 12.0. The molecule has 0 aliphatic carbocycles. The fourth-order valence-corrected chi connectivity index (χ4v) is 5.15. The monoisotopic (exact) mass is 455 g/mol. The first-order chi connectivity index (χ1) is 15.4. The fourth-order valence-electron chi connectivity index (χ4n) is 3.59. The average molecular weight is 456 g/mol. The lowest BCUT2D eigenvalue weighted by Crippen LogP contribution is -2.32. The topological polar surface area (TPSA) is 118 Å². The van der Waals surface area contributed by atoms with E-state index in [-0.39, 0.29) is 22.3 Å². The predicted octanol–water partition coefficient (Wildman–Crippen LogP) is 3.04. The summed E-state index contributed by atoms with van der Waals surface area (Å²) < 4.78 is 32.6. The zero-order valence-electron chi connectivity index (χ0n) is 17.9. The summed E-state index contributed by atoms with van der Waals surface area (Å²) in [5, 5.41) is 6.90. The number of nitrogens with zero attached hydrogens (tertiary/aromatic N) is 4. The van der Waals surface area contributed by atoms with E-state index in [0.29, 0.717) is 24.5 Å². The van der Waals surface area contributed by atoms with Crippen LogP contribution in [0.4, 0.5) is 0 Å². The van der Waals surface area contributed by atoms with Crippen LogP contribution in [-0.4, -0.2) is 46.8 Å². The Balaban J connectivity index is 1.55. The molecule has 1 amide bonds. The minimum absolute atomic E-state index is 0.0438. The van der Waals surface area contributed by atoms with Gasteiger partial charge >= 0.3 is 0 Å². The number of pyridine rings is 1. The number of hydrogen-bond acceptors (Lipinski definition) is 7. The molecule has 1 saturated heterocycles. The second-order valence-corrected chi connectivity index (χ2v) is 9.97. The van der Waals surface area contributed by atoms with Crippen LogP contribution in [0.15, 0.2) is 58.2 Å². The molecule has 3 aromatic rings. The van der Waals surface area contributed by atoms with Gasteiger partial charge in [0.05, 0.1) is 4.90 Å². The van der Waals surface area contributed by atoms with Gasteiger partial charge in [0, 0.05) is 36.6 Å². The molecule has 1 aliphatic heterocycles. The molecule has 3 heterocycles. The Morgan fingerprint density at radius 3 is 2.62 bits per heavy atom. The number of nitrogens with one attached hydrogen (secondary N) is 1. The van der Waals surface area contributed by atoms with Crippen molar-refractivity contribution in [2.75, 3.05) is 13.1 Å². The third-order valence-corrected chi connectivity index (χ3v) is 7.27. The zero-order valence-corrected chi connectivity index (χ0v) is 18.7. The fraction of sp³-hybridized carbons (Fsp3) is 0.364. The molecule has 1 aliphatic rings. The molecule has 10 heteroatoms. The molecule has 1 N–H and O–H groups in total. The SMILES string of the molecule is CC(C)C(NC(=O)c1cccc(S(=O)(=O)N2CCCC2)c1)c1nc(-c2cccnc2)no1. The Hall–Kier alpha value is -3.11. The summed E-state index contributed by atoms with van der Waals surface area (Å²) in [6, 6.07) is 9.14. The third kappa shape index (κ3) is 4.56. The maximum atomic E-state index is 13.0. The van der Waals surface area contributed by atoms with Crippen LogP contribution < -0.4 is 5.32 Å². The summed E-state index contributed by atoms with van der Waals surface area (Å²) >= 11 is 0. The van der Waals surface area contributed by atoms with Crippen LogP contribution in [0.3, 0.4) is 0 Å². The first-order valence-electron chi connectivity index (χ1n) is 10.5. The lowest BCUT2D eigenvalue weighted by Gasteiger charge is -2.19. The number of amides is 1. The van der Waals surface area contributed by atoms with Crippen molar-refractivity contribution < 1.29 is 17.7 Å². The number of carbonyl (C=O) groups is 1. The molecule has 1 fully saturated rings. The van der Waals surface area contributed by atoms with Crippen molar-refractivity contribution in [2.45, 2.75) is 37.6 Å². The largest absolute Gasteiger partial charge is 0.340 e. The lowest BCUT2D eigenvalue weighted by molar-refractivity contribution is 0.0913. The van der Waals surface area contributed by atoms with Crippen LogP contribution >= 0.6 is 0 Å². The standard InChI is InChI=1S/C22H25N5O4S/c1-15(2)19(22-25-20(26-31-22)17-8-6-10-23-14-17)24-21(28)16-7-5-9-18(13-16)32(29,30)27-11-3-4-12-27/h5-10,13-15,19H,3-4,11-12H2,1-2H3,(H,24,28). The highest BCUT2D eigenvalue weighted by molar-refractivity contribution is 7.89. The molecular formula is C22H25N5O4S. The smallest absolute Gasteiger partial charge is 0.251 e. The Bertz CT molecular complexity index is 1190. The minimum Gasteiger partial charge on any atom is -0.340 e. The van der Waals surface area contributed by atoms with Gasteiger partial charge in [0.25, 0.3) is 5.91 Å². The van der Waals surface area contributed by atoms with Crippen molar-refractivity contribution in [3.8, 4) is 11.4 Å². The maximum Gasteiger partial charge on any atom is 0.251 e. The first kappa shape index (κ1) is 22.1. The van der Waals surface area contributed by atoms with Crippen molar-refractivity contribution in [3.63, 3.8) is 0 Å². The lowest BCUT2D eigenvalue weighted by atomic mass is 10.0. The zero-order chi connectivity index (χ0) is 22.7. The van der Waals surface area contributed by atoms with E-state index in [4.69, 9.17) is 4.52 Å². The van der Waals surface area contributed by atoms with Crippen LogP contribution in [0.2, 0.25) is 0 Å². The van der Waals surface area contributed by atoms with E-state index in [0.717, 1.165) is 12.8 Å². The van der Waals surface area contributed by atoms with Gasteiger partial charge in [-0.15, -0.1) is 0 Å². The Morgan fingerprint density at radius 1 is 1.16 bits per heavy atom. The van der Waals surface area contributed by atoms with Crippen LogP contribution in [0.1, 0.15) is 49.0 Å². The molecule has 1 aromatic carbocycles. The summed E-state index contributed by atoms with van der Waals surface area (Å²) in [6.45, 7) is 4.86. The molecule has 4 rings (SSSR count). The second-order valence-electron chi connectivity index (χ2n) is 8.03. The summed E-state index contributed by atoms with van der Waals surface area (Å²) in [5.41, 5.74) is 0.957. The van der Waals surface area contributed by atoms with Crippen LogP contribution in [-0.2, 0) is 10.0 Å². The number of carbonyl (C=O) groups excluding carboxylic acids is 1. The van der Waals surface area contributed by atoms with Crippen LogP contribution in [0.5, 0.6) is 0 Å². The molecule has 0 bridgehead atoms. The van der Waals surface area contributed by atoms with Gasteiger partial charge in [-0.1, -0.05) is 25.1 Å².